The highest BCUT2D eigenvalue weighted by Gasteiger charge is 2.28. The van der Waals surface area contributed by atoms with Crippen molar-refractivity contribution < 1.29 is 19.1 Å². The zero-order valence-corrected chi connectivity index (χ0v) is 18.5. The summed E-state index contributed by atoms with van der Waals surface area (Å²) in [5.41, 5.74) is 0. The number of piperazine rings is 1. The SMILES string of the molecule is O=C(COc1ccccc1)N1CCN(CC2CN(C(=O)Cc3cccs3)CCO2)CC1. The van der Waals surface area contributed by atoms with Gasteiger partial charge in [-0.15, -0.1) is 11.3 Å². The summed E-state index contributed by atoms with van der Waals surface area (Å²) >= 11 is 1.62. The second-order valence-corrected chi connectivity index (χ2v) is 8.90. The first-order valence-electron chi connectivity index (χ1n) is 10.8. The molecule has 2 saturated heterocycles. The second-order valence-electron chi connectivity index (χ2n) is 7.87. The van der Waals surface area contributed by atoms with E-state index < -0.39 is 0 Å². The molecule has 0 bridgehead atoms. The van der Waals surface area contributed by atoms with Crippen molar-refractivity contribution >= 4 is 23.2 Å². The van der Waals surface area contributed by atoms with Crippen LogP contribution in [0.15, 0.2) is 47.8 Å². The summed E-state index contributed by atoms with van der Waals surface area (Å²) < 4.78 is 11.5. The number of amides is 2. The fourth-order valence-corrected chi connectivity index (χ4v) is 4.65. The van der Waals surface area contributed by atoms with Crippen LogP contribution in [0.5, 0.6) is 5.75 Å². The van der Waals surface area contributed by atoms with E-state index in [9.17, 15) is 9.59 Å². The lowest BCUT2D eigenvalue weighted by Crippen LogP contribution is -2.54. The van der Waals surface area contributed by atoms with Crippen LogP contribution in [0.2, 0.25) is 0 Å². The Kier molecular flexibility index (Phi) is 7.56. The van der Waals surface area contributed by atoms with Crippen LogP contribution in [0.4, 0.5) is 0 Å². The normalized spacial score (nSPS) is 19.9. The molecule has 0 radical (unpaired) electrons. The Labute approximate surface area is 187 Å². The monoisotopic (exact) mass is 443 g/mol. The number of nitrogens with zero attached hydrogens (tertiary/aromatic N) is 3. The average Bonchev–Trinajstić information content (AvgIpc) is 3.32. The van der Waals surface area contributed by atoms with Crippen molar-refractivity contribution in [1.29, 1.82) is 0 Å². The number of hydrogen-bond donors (Lipinski definition) is 0. The number of thiophene rings is 1. The van der Waals surface area contributed by atoms with Gasteiger partial charge in [0.1, 0.15) is 5.75 Å². The Balaban J connectivity index is 1.18. The van der Waals surface area contributed by atoms with Gasteiger partial charge in [-0.3, -0.25) is 14.5 Å². The van der Waals surface area contributed by atoms with Gasteiger partial charge in [-0.25, -0.2) is 0 Å². The quantitative estimate of drug-likeness (QED) is 0.652. The van der Waals surface area contributed by atoms with Crippen LogP contribution in [0.1, 0.15) is 4.88 Å². The van der Waals surface area contributed by atoms with Crippen molar-refractivity contribution in [1.82, 2.24) is 14.7 Å². The third-order valence-electron chi connectivity index (χ3n) is 5.69. The van der Waals surface area contributed by atoms with Crippen LogP contribution in [0, 0.1) is 0 Å². The maximum atomic E-state index is 12.6. The van der Waals surface area contributed by atoms with E-state index >= 15 is 0 Å². The molecule has 4 rings (SSSR count). The van der Waals surface area contributed by atoms with E-state index in [1.165, 1.54) is 0 Å². The molecule has 2 amide bonds. The fourth-order valence-electron chi connectivity index (χ4n) is 3.95. The summed E-state index contributed by atoms with van der Waals surface area (Å²) in [7, 11) is 0. The molecule has 2 fully saturated rings. The van der Waals surface area contributed by atoms with E-state index in [-0.39, 0.29) is 24.5 Å². The molecule has 0 spiro atoms. The lowest BCUT2D eigenvalue weighted by Gasteiger charge is -2.39. The molecule has 2 aliphatic rings. The first-order chi connectivity index (χ1) is 15.2. The topological polar surface area (TPSA) is 62.3 Å². The molecule has 0 N–H and O–H groups in total. The standard InChI is InChI=1S/C23H29N3O4S/c27-22(15-21-7-4-14-31-21)26-12-13-29-20(17-26)16-24-8-10-25(11-9-24)23(28)18-30-19-5-2-1-3-6-19/h1-7,14,20H,8-13,15-18H2. The zero-order valence-electron chi connectivity index (χ0n) is 17.7. The van der Waals surface area contributed by atoms with Gasteiger partial charge in [0.25, 0.3) is 5.91 Å². The number of ether oxygens (including phenoxy) is 2. The van der Waals surface area contributed by atoms with Crippen molar-refractivity contribution in [3.8, 4) is 5.75 Å². The van der Waals surface area contributed by atoms with Crippen LogP contribution >= 0.6 is 11.3 Å². The van der Waals surface area contributed by atoms with E-state index in [0.29, 0.717) is 45.0 Å². The zero-order chi connectivity index (χ0) is 21.5. The van der Waals surface area contributed by atoms with Gasteiger partial charge in [-0.1, -0.05) is 24.3 Å². The van der Waals surface area contributed by atoms with Crippen LogP contribution < -0.4 is 4.74 Å². The third-order valence-corrected chi connectivity index (χ3v) is 6.57. The summed E-state index contributed by atoms with van der Waals surface area (Å²) in [6.07, 6.45) is 0.487. The molecule has 2 aliphatic heterocycles. The van der Waals surface area contributed by atoms with E-state index in [4.69, 9.17) is 9.47 Å². The first-order valence-corrected chi connectivity index (χ1v) is 11.6. The van der Waals surface area contributed by atoms with Gasteiger partial charge in [0.2, 0.25) is 5.91 Å². The molecule has 31 heavy (non-hydrogen) atoms. The van der Waals surface area contributed by atoms with E-state index in [0.717, 1.165) is 24.5 Å². The van der Waals surface area contributed by atoms with Crippen molar-refractivity contribution in [3.05, 3.63) is 52.7 Å². The van der Waals surface area contributed by atoms with Crippen LogP contribution in [0.25, 0.3) is 0 Å². The maximum Gasteiger partial charge on any atom is 0.260 e. The van der Waals surface area contributed by atoms with E-state index in [1.54, 1.807) is 11.3 Å². The number of benzene rings is 1. The summed E-state index contributed by atoms with van der Waals surface area (Å²) in [5, 5.41) is 2.00. The number of hydrogen-bond acceptors (Lipinski definition) is 6. The predicted molar refractivity (Wildman–Crippen MR) is 119 cm³/mol. The van der Waals surface area contributed by atoms with E-state index in [1.807, 2.05) is 57.6 Å². The number of morpholine rings is 1. The van der Waals surface area contributed by atoms with Crippen LogP contribution in [0.3, 0.4) is 0 Å². The molecule has 8 heteroatoms. The van der Waals surface area contributed by atoms with Gasteiger partial charge < -0.3 is 19.3 Å². The van der Waals surface area contributed by atoms with Gasteiger partial charge in [0.05, 0.1) is 19.1 Å². The van der Waals surface area contributed by atoms with Gasteiger partial charge in [0, 0.05) is 50.7 Å². The summed E-state index contributed by atoms with van der Waals surface area (Å²) in [4.78, 5) is 32.2. The van der Waals surface area contributed by atoms with Crippen LogP contribution in [-0.4, -0.2) is 91.6 Å². The van der Waals surface area contributed by atoms with Crippen molar-refractivity contribution in [2.24, 2.45) is 0 Å². The highest BCUT2D eigenvalue weighted by molar-refractivity contribution is 7.10. The molecule has 1 aromatic carbocycles. The maximum absolute atomic E-state index is 12.6. The molecular formula is C23H29N3O4S. The van der Waals surface area contributed by atoms with Crippen LogP contribution in [-0.2, 0) is 20.7 Å². The van der Waals surface area contributed by atoms with E-state index in [2.05, 4.69) is 4.90 Å². The lowest BCUT2D eigenvalue weighted by molar-refractivity contribution is -0.140. The van der Waals surface area contributed by atoms with Crippen molar-refractivity contribution in [2.45, 2.75) is 12.5 Å². The molecule has 1 atom stereocenters. The van der Waals surface area contributed by atoms with Gasteiger partial charge in [0.15, 0.2) is 6.61 Å². The Bertz CT molecular complexity index is 838. The molecule has 2 aromatic rings. The highest BCUT2D eigenvalue weighted by Crippen LogP contribution is 2.15. The fraction of sp³-hybridized carbons (Fsp3) is 0.478. The minimum absolute atomic E-state index is 0.0165. The van der Waals surface area contributed by atoms with Gasteiger partial charge in [-0.2, -0.15) is 0 Å². The van der Waals surface area contributed by atoms with Gasteiger partial charge in [-0.05, 0) is 23.6 Å². The second kappa shape index (κ2) is 10.7. The minimum atomic E-state index is 0.0165. The third kappa shape index (κ3) is 6.29. The van der Waals surface area contributed by atoms with Crippen molar-refractivity contribution in [2.75, 3.05) is 59.0 Å². The summed E-state index contributed by atoms with van der Waals surface area (Å²) in [5.74, 6) is 0.898. The molecule has 0 aliphatic carbocycles. The molecule has 7 nitrogen and oxygen atoms in total. The molecule has 1 aromatic heterocycles. The Morgan fingerprint density at radius 1 is 0.968 bits per heavy atom. The minimum Gasteiger partial charge on any atom is -0.484 e. The summed E-state index contributed by atoms with van der Waals surface area (Å²) in [6.45, 7) is 5.70. The molecule has 0 saturated carbocycles. The predicted octanol–water partition coefficient (Wildman–Crippen LogP) is 1.74. The number of carbonyl (C=O) groups excluding carboxylic acids is 2. The Hall–Kier alpha value is -2.42. The average molecular weight is 444 g/mol. The smallest absolute Gasteiger partial charge is 0.260 e. The number of rotatable bonds is 7. The van der Waals surface area contributed by atoms with Crippen molar-refractivity contribution in [3.63, 3.8) is 0 Å². The number of carbonyl (C=O) groups is 2. The Morgan fingerprint density at radius 3 is 2.52 bits per heavy atom. The lowest BCUT2D eigenvalue weighted by atomic mass is 10.2. The molecule has 166 valence electrons. The molecule has 3 heterocycles. The largest absolute Gasteiger partial charge is 0.484 e. The number of para-hydroxylation sites is 1. The summed E-state index contributed by atoms with van der Waals surface area (Å²) in [6, 6.07) is 13.4. The highest BCUT2D eigenvalue weighted by atomic mass is 32.1. The van der Waals surface area contributed by atoms with Gasteiger partial charge >= 0.3 is 0 Å². The first kappa shape index (κ1) is 21.8. The molecular weight excluding hydrogens is 414 g/mol. The Morgan fingerprint density at radius 2 is 1.77 bits per heavy atom. The molecule has 1 unspecified atom stereocenters.